The zero-order valence-electron chi connectivity index (χ0n) is 15.0. The van der Waals surface area contributed by atoms with E-state index in [1.54, 1.807) is 0 Å². The Bertz CT molecular complexity index is 546. The van der Waals surface area contributed by atoms with Crippen LogP contribution in [0.25, 0.3) is 0 Å². The standard InChI is InChI=1S/C15H21F3N2O2/c1-21-10-3-2-4-14(20-22-11-9-19)12-5-7-13(8-6-12)15(16,17)18/h5-8H,2-4,9-11,19H2,1H3/b20-14+/i1D3. The molecule has 4 nitrogen and oxygen atoms in total. The molecular formula is C15H21F3N2O2. The number of alkyl halides is 3. The second kappa shape index (κ2) is 9.42. The van der Waals surface area contributed by atoms with Crippen LogP contribution in [0.2, 0.25) is 0 Å². The lowest BCUT2D eigenvalue weighted by Gasteiger charge is -2.10. The minimum absolute atomic E-state index is 0.0560. The molecule has 0 unspecified atom stereocenters. The number of nitrogens with zero attached hydrogens (tertiary/aromatic N) is 1. The monoisotopic (exact) mass is 321 g/mol. The maximum atomic E-state index is 12.6. The molecule has 0 aliphatic carbocycles. The zero-order chi connectivity index (χ0) is 18.9. The summed E-state index contributed by atoms with van der Waals surface area (Å²) >= 11 is 0. The van der Waals surface area contributed by atoms with E-state index in [1.165, 1.54) is 12.1 Å². The van der Waals surface area contributed by atoms with Crippen molar-refractivity contribution >= 4 is 5.71 Å². The van der Waals surface area contributed by atoms with Crippen LogP contribution in [-0.2, 0) is 15.8 Å². The first-order valence-corrected chi connectivity index (χ1v) is 6.84. The molecule has 0 atom stereocenters. The fraction of sp³-hybridized carbons (Fsp3) is 0.533. The van der Waals surface area contributed by atoms with Crippen molar-refractivity contribution in [3.05, 3.63) is 35.4 Å². The summed E-state index contributed by atoms with van der Waals surface area (Å²) in [7, 11) is -2.44. The summed E-state index contributed by atoms with van der Waals surface area (Å²) in [6, 6.07) is 4.61. The lowest BCUT2D eigenvalue weighted by Crippen LogP contribution is -2.09. The number of nitrogens with two attached hydrogens (primary N) is 1. The molecule has 0 aliphatic rings. The number of rotatable bonds is 9. The fourth-order valence-electron chi connectivity index (χ4n) is 1.74. The third-order valence-corrected chi connectivity index (χ3v) is 2.84. The van der Waals surface area contributed by atoms with E-state index >= 15 is 0 Å². The second-order valence-corrected chi connectivity index (χ2v) is 4.54. The van der Waals surface area contributed by atoms with Crippen molar-refractivity contribution in [2.45, 2.75) is 25.4 Å². The number of methoxy groups -OCH3 is 1. The molecule has 2 N–H and O–H groups in total. The topological polar surface area (TPSA) is 56.8 Å². The molecule has 7 heteroatoms. The first kappa shape index (κ1) is 14.0. The van der Waals surface area contributed by atoms with Crippen molar-refractivity contribution in [3.8, 4) is 0 Å². The summed E-state index contributed by atoms with van der Waals surface area (Å²) < 4.78 is 63.3. The van der Waals surface area contributed by atoms with E-state index in [0.717, 1.165) is 12.1 Å². The maximum Gasteiger partial charge on any atom is 0.416 e. The average Bonchev–Trinajstić information content (AvgIpc) is 2.51. The summed E-state index contributed by atoms with van der Waals surface area (Å²) in [4.78, 5) is 5.03. The molecule has 0 saturated heterocycles. The Labute approximate surface area is 132 Å². The number of hydrogen-bond acceptors (Lipinski definition) is 4. The number of hydrogen-bond donors (Lipinski definition) is 1. The van der Waals surface area contributed by atoms with Crippen LogP contribution in [0.4, 0.5) is 13.2 Å². The van der Waals surface area contributed by atoms with Crippen LogP contribution in [0.5, 0.6) is 0 Å². The molecule has 1 rings (SSSR count). The first-order chi connectivity index (χ1) is 11.6. The number of halogens is 3. The molecular weight excluding hydrogens is 297 g/mol. The van der Waals surface area contributed by atoms with Gasteiger partial charge in [0.1, 0.15) is 6.61 Å². The Morgan fingerprint density at radius 2 is 1.95 bits per heavy atom. The molecule has 1 aromatic carbocycles. The highest BCUT2D eigenvalue weighted by Crippen LogP contribution is 2.29. The maximum absolute atomic E-state index is 12.6. The molecule has 0 spiro atoms. The predicted molar refractivity (Wildman–Crippen MR) is 78.7 cm³/mol. The molecule has 0 radical (unpaired) electrons. The van der Waals surface area contributed by atoms with Gasteiger partial charge in [0, 0.05) is 20.2 Å². The largest absolute Gasteiger partial charge is 0.416 e. The summed E-state index contributed by atoms with van der Waals surface area (Å²) in [6.45, 7) is 0.503. The summed E-state index contributed by atoms with van der Waals surface area (Å²) in [5, 5.41) is 3.93. The van der Waals surface area contributed by atoms with E-state index in [0.29, 0.717) is 30.5 Å². The van der Waals surface area contributed by atoms with Crippen molar-refractivity contribution in [1.82, 2.24) is 0 Å². The summed E-state index contributed by atoms with van der Waals surface area (Å²) in [5.74, 6) is 0. The van der Waals surface area contributed by atoms with Gasteiger partial charge in [0.2, 0.25) is 0 Å². The Morgan fingerprint density at radius 3 is 2.55 bits per heavy atom. The molecule has 22 heavy (non-hydrogen) atoms. The minimum atomic E-state index is -4.40. The molecule has 0 heterocycles. The number of oxime groups is 1. The van der Waals surface area contributed by atoms with Gasteiger partial charge in [-0.2, -0.15) is 13.2 Å². The lowest BCUT2D eigenvalue weighted by atomic mass is 10.0. The smallest absolute Gasteiger partial charge is 0.394 e. The Balaban J connectivity index is 2.68. The quantitative estimate of drug-likeness (QED) is 0.432. The predicted octanol–water partition coefficient (Wildman–Crippen LogP) is 3.20. The van der Waals surface area contributed by atoms with E-state index < -0.39 is 18.8 Å². The Hall–Kier alpha value is -1.60. The molecule has 0 bridgehead atoms. The van der Waals surface area contributed by atoms with Crippen molar-refractivity contribution in [2.75, 3.05) is 26.8 Å². The van der Waals surface area contributed by atoms with Gasteiger partial charge in [0.05, 0.1) is 15.4 Å². The Morgan fingerprint density at radius 1 is 1.23 bits per heavy atom. The van der Waals surface area contributed by atoms with Crippen LogP contribution in [0.15, 0.2) is 29.4 Å². The SMILES string of the molecule is [2H]C([2H])([2H])OCCCC/C(=N\OCCN)c1ccc(C(F)(F)F)cc1. The highest BCUT2D eigenvalue weighted by atomic mass is 19.4. The fourth-order valence-corrected chi connectivity index (χ4v) is 1.74. The Kier molecular flexibility index (Phi) is 6.01. The van der Waals surface area contributed by atoms with Gasteiger partial charge in [-0.1, -0.05) is 17.3 Å². The molecule has 124 valence electrons. The van der Waals surface area contributed by atoms with Crippen LogP contribution in [0.3, 0.4) is 0 Å². The van der Waals surface area contributed by atoms with Crippen molar-refractivity contribution in [1.29, 1.82) is 0 Å². The number of ether oxygens (including phenoxy) is 1. The zero-order valence-corrected chi connectivity index (χ0v) is 12.0. The van der Waals surface area contributed by atoms with Crippen LogP contribution >= 0.6 is 0 Å². The highest BCUT2D eigenvalue weighted by Gasteiger charge is 2.30. The van der Waals surface area contributed by atoms with Gasteiger partial charge < -0.3 is 15.3 Å². The van der Waals surface area contributed by atoms with Gasteiger partial charge in [-0.15, -0.1) is 0 Å². The van der Waals surface area contributed by atoms with E-state index in [-0.39, 0.29) is 19.8 Å². The average molecular weight is 321 g/mol. The van der Waals surface area contributed by atoms with E-state index in [2.05, 4.69) is 9.89 Å². The first-order valence-electron chi connectivity index (χ1n) is 8.34. The van der Waals surface area contributed by atoms with Gasteiger partial charge in [-0.25, -0.2) is 0 Å². The summed E-state index contributed by atoms with van der Waals surface area (Å²) in [5.41, 5.74) is 5.54. The van der Waals surface area contributed by atoms with Crippen molar-refractivity contribution in [3.63, 3.8) is 0 Å². The minimum Gasteiger partial charge on any atom is -0.394 e. The third-order valence-electron chi connectivity index (χ3n) is 2.84. The van der Waals surface area contributed by atoms with E-state index in [4.69, 9.17) is 14.7 Å². The van der Waals surface area contributed by atoms with E-state index in [1.807, 2.05) is 0 Å². The summed E-state index contributed by atoms with van der Waals surface area (Å²) in [6.07, 6.45) is -2.99. The molecule has 0 amide bonds. The van der Waals surface area contributed by atoms with Gasteiger partial charge >= 0.3 is 6.18 Å². The normalized spacial score (nSPS) is 15.1. The highest BCUT2D eigenvalue weighted by molar-refractivity contribution is 6.00. The number of benzene rings is 1. The molecule has 0 aromatic heterocycles. The molecule has 0 saturated carbocycles. The number of unbranched alkanes of at least 4 members (excludes halogenated alkanes) is 1. The molecule has 0 fully saturated rings. The van der Waals surface area contributed by atoms with Gasteiger partial charge in [-0.3, -0.25) is 0 Å². The van der Waals surface area contributed by atoms with Crippen LogP contribution in [0.1, 0.15) is 34.5 Å². The van der Waals surface area contributed by atoms with Crippen molar-refractivity contribution in [2.24, 2.45) is 10.9 Å². The lowest BCUT2D eigenvalue weighted by molar-refractivity contribution is -0.137. The van der Waals surface area contributed by atoms with Gasteiger partial charge in [0.15, 0.2) is 0 Å². The molecule has 1 aromatic rings. The third kappa shape index (κ3) is 6.44. The molecule has 0 aliphatic heterocycles. The van der Waals surface area contributed by atoms with Crippen LogP contribution < -0.4 is 5.73 Å². The second-order valence-electron chi connectivity index (χ2n) is 4.54. The van der Waals surface area contributed by atoms with Crippen LogP contribution in [-0.4, -0.2) is 32.5 Å². The van der Waals surface area contributed by atoms with Crippen LogP contribution in [0, 0.1) is 0 Å². The van der Waals surface area contributed by atoms with Gasteiger partial charge in [0.25, 0.3) is 0 Å². The van der Waals surface area contributed by atoms with Gasteiger partial charge in [-0.05, 0) is 37.0 Å². The van der Waals surface area contributed by atoms with Crippen molar-refractivity contribution < 1.29 is 26.9 Å². The van der Waals surface area contributed by atoms with E-state index in [9.17, 15) is 13.2 Å².